The maximum absolute atomic E-state index is 12.4. The fraction of sp³-hybridized carbons (Fsp3) is 0.417. The second-order valence-corrected chi connectivity index (χ2v) is 8.20. The highest BCUT2D eigenvalue weighted by Gasteiger charge is 2.68. The molecule has 1 spiro atoms. The van der Waals surface area contributed by atoms with Crippen LogP contribution in [-0.2, 0) is 20.9 Å². The lowest BCUT2D eigenvalue weighted by molar-refractivity contribution is -0.245. The topological polar surface area (TPSA) is 57.7 Å². The molecular weight excluding hydrogens is 366 g/mol. The van der Waals surface area contributed by atoms with Crippen molar-refractivity contribution >= 4 is 12.0 Å². The van der Waals surface area contributed by atoms with Crippen LogP contribution >= 0.6 is 0 Å². The Bertz CT molecular complexity index is 889. The molecule has 3 atom stereocenters. The standard InChI is InChI=1S/C24H25NO4/c26-21(29-23-20-11-15-27-22(20)24(23)12-3-13-24)10-7-17-5-8-19(9-6-17)28-16-18-4-1-2-14-25-18/h1-2,4-10,14,20,22-23H,3,11-13,15-16H2. The van der Waals surface area contributed by atoms with Crippen LogP contribution in [0.2, 0.25) is 0 Å². The van der Waals surface area contributed by atoms with Crippen molar-refractivity contribution in [2.24, 2.45) is 11.3 Å². The predicted molar refractivity (Wildman–Crippen MR) is 108 cm³/mol. The number of hydrogen-bond donors (Lipinski definition) is 0. The molecule has 3 unspecified atom stereocenters. The van der Waals surface area contributed by atoms with E-state index in [0.717, 1.165) is 42.9 Å². The highest BCUT2D eigenvalue weighted by molar-refractivity contribution is 5.87. The van der Waals surface area contributed by atoms with E-state index in [1.54, 1.807) is 12.3 Å². The number of carbonyl (C=O) groups excluding carboxylic acids is 1. The van der Waals surface area contributed by atoms with Gasteiger partial charge in [0.15, 0.2) is 0 Å². The number of nitrogens with zero attached hydrogens (tertiary/aromatic N) is 1. The molecule has 1 aliphatic heterocycles. The fourth-order valence-electron chi connectivity index (χ4n) is 4.98. The Kier molecular flexibility index (Phi) is 4.84. The summed E-state index contributed by atoms with van der Waals surface area (Å²) in [4.78, 5) is 16.6. The van der Waals surface area contributed by atoms with E-state index in [2.05, 4.69) is 4.98 Å². The van der Waals surface area contributed by atoms with E-state index in [-0.39, 0.29) is 17.5 Å². The summed E-state index contributed by atoms with van der Waals surface area (Å²) in [6.07, 6.45) is 9.88. The number of benzene rings is 1. The van der Waals surface area contributed by atoms with Crippen LogP contribution in [0, 0.1) is 11.3 Å². The second kappa shape index (κ2) is 7.64. The highest BCUT2D eigenvalue weighted by atomic mass is 16.6. The minimum Gasteiger partial charge on any atom is -0.487 e. The van der Waals surface area contributed by atoms with Gasteiger partial charge in [0.05, 0.1) is 11.8 Å². The third-order valence-corrected chi connectivity index (χ3v) is 6.59. The van der Waals surface area contributed by atoms with Gasteiger partial charge in [-0.3, -0.25) is 4.98 Å². The first-order valence-electron chi connectivity index (χ1n) is 10.4. The zero-order chi connectivity index (χ0) is 19.7. The lowest BCUT2D eigenvalue weighted by Crippen LogP contribution is -2.67. The third-order valence-electron chi connectivity index (χ3n) is 6.59. The second-order valence-electron chi connectivity index (χ2n) is 8.20. The lowest BCUT2D eigenvalue weighted by Gasteiger charge is -2.61. The van der Waals surface area contributed by atoms with Crippen LogP contribution in [-0.4, -0.2) is 29.8 Å². The number of aromatic nitrogens is 1. The highest BCUT2D eigenvalue weighted by Crippen LogP contribution is 2.64. The molecule has 5 heteroatoms. The van der Waals surface area contributed by atoms with Crippen molar-refractivity contribution in [1.29, 1.82) is 0 Å². The molecule has 150 valence electrons. The SMILES string of the molecule is O=C(C=Cc1ccc(OCc2ccccn2)cc1)OC1C2CCOC2C12CCC2. The molecule has 0 radical (unpaired) electrons. The molecule has 1 aromatic carbocycles. The molecule has 2 heterocycles. The summed E-state index contributed by atoms with van der Waals surface area (Å²) in [5, 5.41) is 0. The molecule has 3 fully saturated rings. The monoisotopic (exact) mass is 391 g/mol. The van der Waals surface area contributed by atoms with Crippen LogP contribution in [0.5, 0.6) is 5.75 Å². The molecule has 2 saturated carbocycles. The average molecular weight is 391 g/mol. The lowest BCUT2D eigenvalue weighted by atomic mass is 9.47. The van der Waals surface area contributed by atoms with Crippen LogP contribution in [0.25, 0.3) is 6.08 Å². The largest absolute Gasteiger partial charge is 0.487 e. The van der Waals surface area contributed by atoms with Gasteiger partial charge in [-0.1, -0.05) is 24.6 Å². The van der Waals surface area contributed by atoms with Crippen molar-refractivity contribution < 1.29 is 19.0 Å². The summed E-state index contributed by atoms with van der Waals surface area (Å²) in [7, 11) is 0. The number of pyridine rings is 1. The Hall–Kier alpha value is -2.66. The van der Waals surface area contributed by atoms with Gasteiger partial charge in [0.25, 0.3) is 0 Å². The van der Waals surface area contributed by atoms with Crippen molar-refractivity contribution in [2.75, 3.05) is 6.61 Å². The van der Waals surface area contributed by atoms with Gasteiger partial charge in [-0.15, -0.1) is 0 Å². The molecular formula is C24H25NO4. The molecule has 5 rings (SSSR count). The first-order valence-corrected chi connectivity index (χ1v) is 10.4. The normalized spacial score (nSPS) is 26.6. The molecule has 3 aliphatic rings. The minimum atomic E-state index is -0.262. The molecule has 1 aromatic heterocycles. The van der Waals surface area contributed by atoms with Gasteiger partial charge in [0.1, 0.15) is 18.5 Å². The van der Waals surface area contributed by atoms with Crippen LogP contribution in [0.15, 0.2) is 54.7 Å². The Morgan fingerprint density at radius 2 is 2.07 bits per heavy atom. The van der Waals surface area contributed by atoms with Gasteiger partial charge in [-0.05, 0) is 55.2 Å². The Labute approximate surface area is 170 Å². The van der Waals surface area contributed by atoms with Gasteiger partial charge in [-0.25, -0.2) is 4.79 Å². The van der Waals surface area contributed by atoms with Gasteiger partial charge in [-0.2, -0.15) is 0 Å². The first-order chi connectivity index (χ1) is 14.2. The van der Waals surface area contributed by atoms with Crippen molar-refractivity contribution in [3.8, 4) is 5.75 Å². The van der Waals surface area contributed by atoms with E-state index in [1.807, 2.05) is 42.5 Å². The summed E-state index contributed by atoms with van der Waals surface area (Å²) in [6, 6.07) is 13.4. The number of hydrogen-bond acceptors (Lipinski definition) is 5. The molecule has 2 aromatic rings. The number of ether oxygens (including phenoxy) is 3. The Morgan fingerprint density at radius 3 is 2.79 bits per heavy atom. The predicted octanol–water partition coefficient (Wildman–Crippen LogP) is 4.17. The zero-order valence-corrected chi connectivity index (χ0v) is 16.3. The summed E-state index contributed by atoms with van der Waals surface area (Å²) in [5.74, 6) is 0.898. The first kappa shape index (κ1) is 18.4. The van der Waals surface area contributed by atoms with Gasteiger partial charge in [0.2, 0.25) is 0 Å². The minimum absolute atomic E-state index is 0.0308. The maximum Gasteiger partial charge on any atom is 0.331 e. The van der Waals surface area contributed by atoms with E-state index >= 15 is 0 Å². The van der Waals surface area contributed by atoms with Crippen molar-refractivity contribution in [1.82, 2.24) is 4.98 Å². The van der Waals surface area contributed by atoms with Crippen LogP contribution < -0.4 is 4.74 Å². The number of fused-ring (bicyclic) bond motifs is 2. The van der Waals surface area contributed by atoms with Gasteiger partial charge < -0.3 is 14.2 Å². The van der Waals surface area contributed by atoms with Crippen molar-refractivity contribution in [2.45, 2.75) is 44.5 Å². The van der Waals surface area contributed by atoms with E-state index in [0.29, 0.717) is 18.6 Å². The Balaban J connectivity index is 1.15. The molecule has 1 saturated heterocycles. The molecule has 5 nitrogen and oxygen atoms in total. The number of rotatable bonds is 6. The third kappa shape index (κ3) is 3.44. The number of carbonyl (C=O) groups is 1. The molecule has 0 bridgehead atoms. The van der Waals surface area contributed by atoms with Crippen LogP contribution in [0.4, 0.5) is 0 Å². The van der Waals surface area contributed by atoms with Gasteiger partial charge >= 0.3 is 5.97 Å². The molecule has 0 N–H and O–H groups in total. The van der Waals surface area contributed by atoms with Gasteiger partial charge in [0, 0.05) is 30.2 Å². The molecule has 2 aliphatic carbocycles. The number of esters is 1. The van der Waals surface area contributed by atoms with Crippen LogP contribution in [0.3, 0.4) is 0 Å². The molecule has 29 heavy (non-hydrogen) atoms. The summed E-state index contributed by atoms with van der Waals surface area (Å²) in [5.41, 5.74) is 1.92. The maximum atomic E-state index is 12.4. The zero-order valence-electron chi connectivity index (χ0n) is 16.3. The summed E-state index contributed by atoms with van der Waals surface area (Å²) < 4.78 is 17.5. The Morgan fingerprint density at radius 1 is 1.21 bits per heavy atom. The fourth-order valence-corrected chi connectivity index (χ4v) is 4.98. The van der Waals surface area contributed by atoms with Crippen molar-refractivity contribution in [3.05, 3.63) is 66.0 Å². The van der Waals surface area contributed by atoms with E-state index in [9.17, 15) is 4.79 Å². The van der Waals surface area contributed by atoms with E-state index in [4.69, 9.17) is 14.2 Å². The molecule has 0 amide bonds. The average Bonchev–Trinajstić information content (AvgIpc) is 3.14. The van der Waals surface area contributed by atoms with Crippen LogP contribution in [0.1, 0.15) is 36.9 Å². The summed E-state index contributed by atoms with van der Waals surface area (Å²) >= 11 is 0. The van der Waals surface area contributed by atoms with E-state index in [1.165, 1.54) is 12.5 Å². The van der Waals surface area contributed by atoms with Crippen molar-refractivity contribution in [3.63, 3.8) is 0 Å². The quantitative estimate of drug-likeness (QED) is 0.546. The smallest absolute Gasteiger partial charge is 0.331 e. The van der Waals surface area contributed by atoms with E-state index < -0.39 is 0 Å². The summed E-state index contributed by atoms with van der Waals surface area (Å²) in [6.45, 7) is 1.23.